The second kappa shape index (κ2) is 9.24. The summed E-state index contributed by atoms with van der Waals surface area (Å²) in [7, 11) is 0. The summed E-state index contributed by atoms with van der Waals surface area (Å²) in [6, 6.07) is 19.1. The number of carbonyl (C=O) groups excluding carboxylic acids is 1. The van der Waals surface area contributed by atoms with Crippen molar-refractivity contribution in [2.45, 2.75) is 6.61 Å². The minimum Gasteiger partial charge on any atom is -0.451 e. The van der Waals surface area contributed by atoms with Gasteiger partial charge < -0.3 is 9.47 Å². The van der Waals surface area contributed by atoms with E-state index >= 15 is 0 Å². The van der Waals surface area contributed by atoms with E-state index in [1.165, 1.54) is 0 Å². The molecule has 0 bridgehead atoms. The molecule has 2 rings (SSSR count). The average molecular weight is 306 g/mol. The topological polar surface area (TPSA) is 35.5 Å². The van der Waals surface area contributed by atoms with Crippen molar-refractivity contribution >= 4 is 5.97 Å². The fourth-order valence-corrected chi connectivity index (χ4v) is 1.78. The molecule has 0 aliphatic carbocycles. The lowest BCUT2D eigenvalue weighted by Crippen LogP contribution is -2.08. The zero-order valence-corrected chi connectivity index (χ0v) is 12.8. The van der Waals surface area contributed by atoms with Gasteiger partial charge in [-0.15, -0.1) is 0 Å². The normalized spacial score (nSPS) is 9.57. The Morgan fingerprint density at radius 2 is 1.61 bits per heavy atom. The van der Waals surface area contributed by atoms with E-state index in [1.54, 1.807) is 0 Å². The molecular formula is C20H18O3. The van der Waals surface area contributed by atoms with Crippen molar-refractivity contribution in [1.82, 2.24) is 0 Å². The summed E-state index contributed by atoms with van der Waals surface area (Å²) in [5, 5.41) is 0. The third-order valence-corrected chi connectivity index (χ3v) is 2.91. The monoisotopic (exact) mass is 306 g/mol. The van der Waals surface area contributed by atoms with Crippen LogP contribution in [0.5, 0.6) is 0 Å². The lowest BCUT2D eigenvalue weighted by atomic mass is 10.2. The lowest BCUT2D eigenvalue weighted by Gasteiger charge is -2.07. The second-order valence-electron chi connectivity index (χ2n) is 4.92. The van der Waals surface area contributed by atoms with Gasteiger partial charge in [0.1, 0.15) is 6.61 Å². The molecule has 0 saturated carbocycles. The molecule has 0 spiro atoms. The van der Waals surface area contributed by atoms with Crippen LogP contribution in [0.15, 0.2) is 72.8 Å². The van der Waals surface area contributed by atoms with Crippen molar-refractivity contribution in [1.29, 1.82) is 0 Å². The van der Waals surface area contributed by atoms with E-state index in [2.05, 4.69) is 18.4 Å². The average Bonchev–Trinajstić information content (AvgIpc) is 2.60. The number of ether oxygens (including phenoxy) is 2. The Bertz CT molecular complexity index is 694. The molecule has 0 aromatic heterocycles. The third-order valence-electron chi connectivity index (χ3n) is 2.91. The highest BCUT2D eigenvalue weighted by molar-refractivity contribution is 5.89. The van der Waals surface area contributed by atoms with Crippen molar-refractivity contribution in [3.05, 3.63) is 83.9 Å². The molecule has 3 heteroatoms. The van der Waals surface area contributed by atoms with Crippen molar-refractivity contribution in [3.63, 3.8) is 0 Å². The Hall–Kier alpha value is -2.83. The number of esters is 1. The van der Waals surface area contributed by atoms with Gasteiger partial charge in [0.15, 0.2) is 0 Å². The predicted molar refractivity (Wildman–Crippen MR) is 89.5 cm³/mol. The minimum absolute atomic E-state index is 0.108. The van der Waals surface area contributed by atoms with Crippen molar-refractivity contribution in [2.75, 3.05) is 13.2 Å². The SMILES string of the molecule is C=C(COCc1ccccc1)COC(=O)C#Cc1ccccc1. The van der Waals surface area contributed by atoms with Gasteiger partial charge in [0.25, 0.3) is 0 Å². The van der Waals surface area contributed by atoms with Crippen LogP contribution >= 0.6 is 0 Å². The summed E-state index contributed by atoms with van der Waals surface area (Å²) in [5.41, 5.74) is 2.55. The van der Waals surface area contributed by atoms with Gasteiger partial charge in [0.2, 0.25) is 0 Å². The van der Waals surface area contributed by atoms with Crippen LogP contribution in [0.2, 0.25) is 0 Å². The number of carbonyl (C=O) groups is 1. The smallest absolute Gasteiger partial charge is 0.385 e. The number of rotatable bonds is 6. The van der Waals surface area contributed by atoms with E-state index in [0.717, 1.165) is 11.1 Å². The molecule has 0 amide bonds. The highest BCUT2D eigenvalue weighted by Gasteiger charge is 2.01. The molecule has 0 unspecified atom stereocenters. The first-order valence-electron chi connectivity index (χ1n) is 7.26. The molecule has 3 nitrogen and oxygen atoms in total. The van der Waals surface area contributed by atoms with Gasteiger partial charge in [0, 0.05) is 11.5 Å². The Labute approximate surface area is 136 Å². The molecule has 0 saturated heterocycles. The van der Waals surface area contributed by atoms with E-state index in [1.807, 2.05) is 60.7 Å². The maximum atomic E-state index is 11.5. The molecule has 0 aliphatic rings. The summed E-state index contributed by atoms with van der Waals surface area (Å²) in [6.45, 7) is 4.78. The highest BCUT2D eigenvalue weighted by atomic mass is 16.5. The predicted octanol–water partition coefficient (Wildman–Crippen LogP) is 3.35. The maximum absolute atomic E-state index is 11.5. The first kappa shape index (κ1) is 16.5. The van der Waals surface area contributed by atoms with Crippen LogP contribution < -0.4 is 0 Å². The summed E-state index contributed by atoms with van der Waals surface area (Å²) in [6.07, 6.45) is 0. The largest absolute Gasteiger partial charge is 0.451 e. The standard InChI is InChI=1S/C20H18O3/c1-17(14-22-16-19-10-6-3-7-11-19)15-23-20(21)13-12-18-8-4-2-5-9-18/h2-11H,1,14-16H2. The van der Waals surface area contributed by atoms with E-state index in [-0.39, 0.29) is 6.61 Å². The number of hydrogen-bond donors (Lipinski definition) is 0. The first-order chi connectivity index (χ1) is 11.2. The summed E-state index contributed by atoms with van der Waals surface area (Å²) >= 11 is 0. The van der Waals surface area contributed by atoms with Crippen molar-refractivity contribution in [3.8, 4) is 11.8 Å². The maximum Gasteiger partial charge on any atom is 0.385 e. The van der Waals surface area contributed by atoms with Crippen LogP contribution in [0.3, 0.4) is 0 Å². The highest BCUT2D eigenvalue weighted by Crippen LogP contribution is 2.02. The first-order valence-corrected chi connectivity index (χ1v) is 7.26. The van der Waals surface area contributed by atoms with Gasteiger partial charge in [-0.05, 0) is 23.3 Å². The van der Waals surface area contributed by atoms with E-state index in [0.29, 0.717) is 18.8 Å². The van der Waals surface area contributed by atoms with E-state index in [4.69, 9.17) is 9.47 Å². The Kier molecular flexibility index (Phi) is 6.65. The molecule has 0 heterocycles. The quantitative estimate of drug-likeness (QED) is 0.466. The van der Waals surface area contributed by atoms with Gasteiger partial charge >= 0.3 is 5.97 Å². The van der Waals surface area contributed by atoms with Crippen LogP contribution in [0.25, 0.3) is 0 Å². The summed E-state index contributed by atoms with van der Waals surface area (Å²) < 4.78 is 10.6. The van der Waals surface area contributed by atoms with Gasteiger partial charge in [-0.3, -0.25) is 0 Å². The van der Waals surface area contributed by atoms with Crippen molar-refractivity contribution in [2.24, 2.45) is 0 Å². The zero-order valence-electron chi connectivity index (χ0n) is 12.8. The molecular weight excluding hydrogens is 288 g/mol. The van der Waals surface area contributed by atoms with E-state index < -0.39 is 5.97 Å². The summed E-state index contributed by atoms with van der Waals surface area (Å²) in [4.78, 5) is 11.5. The van der Waals surface area contributed by atoms with Crippen LogP contribution in [-0.2, 0) is 20.9 Å². The zero-order chi connectivity index (χ0) is 16.3. The van der Waals surface area contributed by atoms with Gasteiger partial charge in [-0.25, -0.2) is 4.79 Å². The molecule has 2 aromatic rings. The number of benzene rings is 2. The van der Waals surface area contributed by atoms with Crippen molar-refractivity contribution < 1.29 is 14.3 Å². The molecule has 116 valence electrons. The Morgan fingerprint density at radius 3 is 2.30 bits per heavy atom. The molecule has 0 atom stereocenters. The van der Waals surface area contributed by atoms with Gasteiger partial charge in [-0.1, -0.05) is 61.0 Å². The Morgan fingerprint density at radius 1 is 0.957 bits per heavy atom. The molecule has 0 fully saturated rings. The third kappa shape index (κ3) is 6.64. The van der Waals surface area contributed by atoms with Crippen LogP contribution in [0.1, 0.15) is 11.1 Å². The Balaban J connectivity index is 1.66. The van der Waals surface area contributed by atoms with Crippen LogP contribution in [0, 0.1) is 11.8 Å². The fourth-order valence-electron chi connectivity index (χ4n) is 1.78. The van der Waals surface area contributed by atoms with Crippen LogP contribution in [0.4, 0.5) is 0 Å². The second-order valence-corrected chi connectivity index (χ2v) is 4.92. The minimum atomic E-state index is -0.571. The fraction of sp³-hybridized carbons (Fsp3) is 0.150. The van der Waals surface area contributed by atoms with Gasteiger partial charge in [-0.2, -0.15) is 0 Å². The van der Waals surface area contributed by atoms with Crippen LogP contribution in [-0.4, -0.2) is 19.2 Å². The summed E-state index contributed by atoms with van der Waals surface area (Å²) in [5.74, 6) is 4.62. The molecule has 2 aromatic carbocycles. The molecule has 0 aliphatic heterocycles. The van der Waals surface area contributed by atoms with Gasteiger partial charge in [0.05, 0.1) is 13.2 Å². The molecule has 0 N–H and O–H groups in total. The molecule has 23 heavy (non-hydrogen) atoms. The van der Waals surface area contributed by atoms with E-state index in [9.17, 15) is 4.79 Å². The molecule has 0 radical (unpaired) electrons. The number of hydrogen-bond acceptors (Lipinski definition) is 3. The lowest BCUT2D eigenvalue weighted by molar-refractivity contribution is -0.135.